The molecule has 4 nitrogen and oxygen atoms in total. The second-order valence-electron chi connectivity index (χ2n) is 5.42. The van der Waals surface area contributed by atoms with Gasteiger partial charge in [0, 0.05) is 5.69 Å². The van der Waals surface area contributed by atoms with Crippen LogP contribution in [0, 0.1) is 23.2 Å². The van der Waals surface area contributed by atoms with E-state index < -0.39 is 0 Å². The zero-order chi connectivity index (χ0) is 13.2. The Hall–Kier alpha value is -1.86. The van der Waals surface area contributed by atoms with Crippen LogP contribution in [0.1, 0.15) is 24.8 Å². The van der Waals surface area contributed by atoms with Crippen LogP contribution < -0.4 is 10.6 Å². The van der Waals surface area contributed by atoms with Crippen LogP contribution in [0.25, 0.3) is 0 Å². The van der Waals surface area contributed by atoms with E-state index in [0.29, 0.717) is 23.1 Å². The van der Waals surface area contributed by atoms with Crippen LogP contribution in [-0.2, 0) is 4.79 Å². The molecule has 2 aliphatic rings. The standard InChI is InChI=1S/C15H17N3O/c16-8-10-3-1-5-12(7-10)18-15(19)14-13-6-2-4-11(13)9-17-14/h1,3,5,7,11,13-14,17H,2,4,6,9H2,(H,18,19). The highest BCUT2D eigenvalue weighted by Crippen LogP contribution is 2.37. The van der Waals surface area contributed by atoms with Gasteiger partial charge in [-0.05, 0) is 49.4 Å². The monoisotopic (exact) mass is 255 g/mol. The van der Waals surface area contributed by atoms with Gasteiger partial charge in [0.2, 0.25) is 5.91 Å². The second kappa shape index (κ2) is 5.02. The van der Waals surface area contributed by atoms with E-state index in [1.54, 1.807) is 18.2 Å². The molecule has 1 aliphatic carbocycles. The minimum absolute atomic E-state index is 0.0319. The lowest BCUT2D eigenvalue weighted by Gasteiger charge is -2.17. The summed E-state index contributed by atoms with van der Waals surface area (Å²) >= 11 is 0. The summed E-state index contributed by atoms with van der Waals surface area (Å²) in [7, 11) is 0. The van der Waals surface area contributed by atoms with Crippen molar-refractivity contribution in [2.24, 2.45) is 11.8 Å². The highest BCUT2D eigenvalue weighted by Gasteiger charge is 2.42. The second-order valence-corrected chi connectivity index (χ2v) is 5.42. The molecule has 98 valence electrons. The van der Waals surface area contributed by atoms with Crippen molar-refractivity contribution in [3.05, 3.63) is 29.8 Å². The Bertz CT molecular complexity index is 534. The van der Waals surface area contributed by atoms with Crippen LogP contribution in [0.2, 0.25) is 0 Å². The molecule has 0 spiro atoms. The Morgan fingerprint density at radius 3 is 3.16 bits per heavy atom. The van der Waals surface area contributed by atoms with E-state index in [-0.39, 0.29) is 11.9 Å². The number of carbonyl (C=O) groups is 1. The molecule has 3 atom stereocenters. The smallest absolute Gasteiger partial charge is 0.241 e. The SMILES string of the molecule is N#Cc1cccc(NC(=O)C2NCC3CCCC32)c1. The maximum Gasteiger partial charge on any atom is 0.241 e. The lowest BCUT2D eigenvalue weighted by Crippen LogP contribution is -2.39. The van der Waals surface area contributed by atoms with E-state index in [2.05, 4.69) is 16.7 Å². The third-order valence-electron chi connectivity index (χ3n) is 4.29. The number of nitrogens with zero attached hydrogens (tertiary/aromatic N) is 1. The molecule has 1 amide bonds. The van der Waals surface area contributed by atoms with Crippen molar-refractivity contribution in [3.8, 4) is 6.07 Å². The summed E-state index contributed by atoms with van der Waals surface area (Å²) in [5, 5.41) is 15.1. The van der Waals surface area contributed by atoms with Gasteiger partial charge < -0.3 is 10.6 Å². The molecule has 1 aliphatic heterocycles. The average molecular weight is 255 g/mol. The predicted molar refractivity (Wildman–Crippen MR) is 72.4 cm³/mol. The van der Waals surface area contributed by atoms with Crippen molar-refractivity contribution < 1.29 is 4.79 Å². The quantitative estimate of drug-likeness (QED) is 0.848. The molecular formula is C15H17N3O. The summed E-state index contributed by atoms with van der Waals surface area (Å²) < 4.78 is 0. The molecule has 3 unspecified atom stereocenters. The number of amides is 1. The number of fused-ring (bicyclic) bond motifs is 1. The van der Waals surface area contributed by atoms with Crippen molar-refractivity contribution in [2.75, 3.05) is 11.9 Å². The number of nitriles is 1. The summed E-state index contributed by atoms with van der Waals surface area (Å²) in [4.78, 5) is 12.3. The number of benzene rings is 1. The summed E-state index contributed by atoms with van der Waals surface area (Å²) in [6, 6.07) is 9.05. The highest BCUT2D eigenvalue weighted by atomic mass is 16.2. The Kier molecular flexibility index (Phi) is 3.22. The fourth-order valence-electron chi connectivity index (χ4n) is 3.36. The van der Waals surface area contributed by atoms with Crippen LogP contribution in [0.3, 0.4) is 0 Å². The maximum atomic E-state index is 12.3. The first-order valence-corrected chi connectivity index (χ1v) is 6.82. The number of rotatable bonds is 2. The largest absolute Gasteiger partial charge is 0.325 e. The Labute approximate surface area is 112 Å². The van der Waals surface area contributed by atoms with Gasteiger partial charge in [0.1, 0.15) is 0 Å². The first-order valence-electron chi connectivity index (χ1n) is 6.82. The number of anilines is 1. The summed E-state index contributed by atoms with van der Waals surface area (Å²) in [5.74, 6) is 1.19. The Morgan fingerprint density at radius 1 is 1.42 bits per heavy atom. The van der Waals surface area contributed by atoms with E-state index in [1.165, 1.54) is 12.8 Å². The van der Waals surface area contributed by atoms with E-state index >= 15 is 0 Å². The molecule has 0 radical (unpaired) electrons. The van der Waals surface area contributed by atoms with Crippen molar-refractivity contribution >= 4 is 11.6 Å². The van der Waals surface area contributed by atoms with Gasteiger partial charge in [-0.15, -0.1) is 0 Å². The van der Waals surface area contributed by atoms with Crippen molar-refractivity contribution in [1.29, 1.82) is 5.26 Å². The summed E-state index contributed by atoms with van der Waals surface area (Å²) in [5.41, 5.74) is 1.27. The topological polar surface area (TPSA) is 64.9 Å². The molecule has 2 fully saturated rings. The molecule has 0 aromatic heterocycles. The fourth-order valence-corrected chi connectivity index (χ4v) is 3.36. The van der Waals surface area contributed by atoms with E-state index in [0.717, 1.165) is 13.0 Å². The van der Waals surface area contributed by atoms with Gasteiger partial charge in [-0.3, -0.25) is 4.79 Å². The molecule has 1 aromatic rings. The fraction of sp³-hybridized carbons (Fsp3) is 0.467. The zero-order valence-corrected chi connectivity index (χ0v) is 10.7. The third-order valence-corrected chi connectivity index (χ3v) is 4.29. The van der Waals surface area contributed by atoms with E-state index in [1.807, 2.05) is 6.07 Å². The number of hydrogen-bond donors (Lipinski definition) is 2. The van der Waals surface area contributed by atoms with Gasteiger partial charge in [-0.25, -0.2) is 0 Å². The van der Waals surface area contributed by atoms with Gasteiger partial charge in [0.05, 0.1) is 17.7 Å². The molecule has 19 heavy (non-hydrogen) atoms. The molecular weight excluding hydrogens is 238 g/mol. The van der Waals surface area contributed by atoms with E-state index in [4.69, 9.17) is 5.26 Å². The summed E-state index contributed by atoms with van der Waals surface area (Å²) in [6.45, 7) is 0.959. The molecule has 3 rings (SSSR count). The Morgan fingerprint density at radius 2 is 2.32 bits per heavy atom. The summed E-state index contributed by atoms with van der Waals surface area (Å²) in [6.07, 6.45) is 3.63. The van der Waals surface area contributed by atoms with Gasteiger partial charge >= 0.3 is 0 Å². The number of carbonyl (C=O) groups excluding carboxylic acids is 1. The van der Waals surface area contributed by atoms with Gasteiger partial charge in [-0.1, -0.05) is 12.5 Å². The van der Waals surface area contributed by atoms with Gasteiger partial charge in [0.15, 0.2) is 0 Å². The van der Waals surface area contributed by atoms with Crippen LogP contribution >= 0.6 is 0 Å². The van der Waals surface area contributed by atoms with Crippen molar-refractivity contribution in [3.63, 3.8) is 0 Å². The van der Waals surface area contributed by atoms with Crippen LogP contribution in [0.15, 0.2) is 24.3 Å². The molecule has 0 bridgehead atoms. The first-order chi connectivity index (χ1) is 9.28. The first kappa shape index (κ1) is 12.2. The van der Waals surface area contributed by atoms with Crippen LogP contribution in [0.5, 0.6) is 0 Å². The molecule has 4 heteroatoms. The highest BCUT2D eigenvalue weighted by molar-refractivity contribution is 5.95. The van der Waals surface area contributed by atoms with Gasteiger partial charge in [0.25, 0.3) is 0 Å². The zero-order valence-electron chi connectivity index (χ0n) is 10.7. The average Bonchev–Trinajstić information content (AvgIpc) is 3.01. The predicted octanol–water partition coefficient (Wildman–Crippen LogP) is 1.88. The minimum Gasteiger partial charge on any atom is -0.325 e. The van der Waals surface area contributed by atoms with Crippen LogP contribution in [0.4, 0.5) is 5.69 Å². The molecule has 1 saturated carbocycles. The Balaban J connectivity index is 1.69. The molecule has 2 N–H and O–H groups in total. The third kappa shape index (κ3) is 2.34. The van der Waals surface area contributed by atoms with E-state index in [9.17, 15) is 4.79 Å². The lowest BCUT2D eigenvalue weighted by molar-refractivity contribution is -0.118. The normalized spacial score (nSPS) is 28.7. The van der Waals surface area contributed by atoms with Crippen LogP contribution in [-0.4, -0.2) is 18.5 Å². The molecule has 1 aromatic carbocycles. The maximum absolute atomic E-state index is 12.3. The van der Waals surface area contributed by atoms with Gasteiger partial charge in [-0.2, -0.15) is 5.26 Å². The molecule has 1 heterocycles. The minimum atomic E-state index is -0.0711. The molecule has 1 saturated heterocycles. The number of nitrogens with one attached hydrogen (secondary N) is 2. The van der Waals surface area contributed by atoms with Crippen molar-refractivity contribution in [2.45, 2.75) is 25.3 Å². The number of hydrogen-bond acceptors (Lipinski definition) is 3. The lowest BCUT2D eigenvalue weighted by atomic mass is 9.93. The van der Waals surface area contributed by atoms with Crippen molar-refractivity contribution in [1.82, 2.24) is 5.32 Å².